The Labute approximate surface area is 202 Å². The second-order valence-electron chi connectivity index (χ2n) is 7.26. The Balaban J connectivity index is 1.56. The summed E-state index contributed by atoms with van der Waals surface area (Å²) in [6.07, 6.45) is 5.87. The second kappa shape index (κ2) is 10.9. The molecular weight excluding hydrogens is 457 g/mol. The third-order valence-electron chi connectivity index (χ3n) is 4.93. The fourth-order valence-electron chi connectivity index (χ4n) is 3.23. The number of nitrogens with zero attached hydrogens (tertiary/aromatic N) is 3. The summed E-state index contributed by atoms with van der Waals surface area (Å²) in [7, 11) is 0. The summed E-state index contributed by atoms with van der Waals surface area (Å²) in [5, 5.41) is 7.14. The quantitative estimate of drug-likeness (QED) is 0.353. The van der Waals surface area contributed by atoms with Gasteiger partial charge in [-0.05, 0) is 48.0 Å². The number of pyridine rings is 3. The maximum atomic E-state index is 13.0. The van der Waals surface area contributed by atoms with Crippen LogP contribution in [0.25, 0.3) is 11.3 Å². The van der Waals surface area contributed by atoms with Gasteiger partial charge in [-0.2, -0.15) is 0 Å². The number of anilines is 1. The number of halogens is 2. The minimum atomic E-state index is -0.229. The molecule has 0 aliphatic heterocycles. The van der Waals surface area contributed by atoms with E-state index in [9.17, 15) is 4.79 Å². The van der Waals surface area contributed by atoms with E-state index >= 15 is 0 Å². The molecule has 4 aromatic rings. The van der Waals surface area contributed by atoms with Gasteiger partial charge >= 0.3 is 0 Å². The largest absolute Gasteiger partial charge is 0.369 e. The Morgan fingerprint density at radius 1 is 0.939 bits per heavy atom. The Kier molecular flexibility index (Phi) is 7.50. The standard InChI is InChI=1S/C25H21Cl2N5O/c26-21-8-6-18(14-22(21)27)23-9-7-20(25(33)31-16-17-4-3-11-28-15-17)24(32-23)30-13-10-19-5-1-2-12-29-19/h1-9,11-12,14-15H,10,13,16H2,(H,30,32)(H,31,33). The first-order chi connectivity index (χ1) is 16.1. The molecule has 166 valence electrons. The Hall–Kier alpha value is -3.48. The molecule has 4 rings (SSSR count). The van der Waals surface area contributed by atoms with Gasteiger partial charge in [0.2, 0.25) is 0 Å². The average Bonchev–Trinajstić information content (AvgIpc) is 2.85. The van der Waals surface area contributed by atoms with Gasteiger partial charge in [0.15, 0.2) is 0 Å². The summed E-state index contributed by atoms with van der Waals surface area (Å²) >= 11 is 12.2. The van der Waals surface area contributed by atoms with Crippen molar-refractivity contribution < 1.29 is 4.79 Å². The smallest absolute Gasteiger partial charge is 0.255 e. The first-order valence-electron chi connectivity index (χ1n) is 10.4. The Morgan fingerprint density at radius 2 is 1.85 bits per heavy atom. The number of hydrogen-bond donors (Lipinski definition) is 2. The number of carbonyl (C=O) groups is 1. The Bertz CT molecular complexity index is 1240. The molecule has 3 aromatic heterocycles. The number of nitrogens with one attached hydrogen (secondary N) is 2. The van der Waals surface area contributed by atoms with E-state index in [2.05, 4.69) is 20.6 Å². The number of rotatable bonds is 8. The molecule has 0 atom stereocenters. The summed E-state index contributed by atoms with van der Waals surface area (Å²) in [6.45, 7) is 0.937. The van der Waals surface area contributed by atoms with Crippen molar-refractivity contribution in [3.63, 3.8) is 0 Å². The third-order valence-corrected chi connectivity index (χ3v) is 5.67. The van der Waals surface area contributed by atoms with Crippen LogP contribution in [0.1, 0.15) is 21.6 Å². The summed E-state index contributed by atoms with van der Waals surface area (Å²) in [5.74, 6) is 0.255. The maximum Gasteiger partial charge on any atom is 0.255 e. The van der Waals surface area contributed by atoms with Crippen LogP contribution in [0.2, 0.25) is 10.0 Å². The molecule has 1 amide bonds. The fourth-order valence-corrected chi connectivity index (χ4v) is 3.53. The van der Waals surface area contributed by atoms with Gasteiger partial charge in [-0.15, -0.1) is 0 Å². The molecular formula is C25H21Cl2N5O. The van der Waals surface area contributed by atoms with Gasteiger partial charge in [-0.3, -0.25) is 14.8 Å². The van der Waals surface area contributed by atoms with Crippen molar-refractivity contribution >= 4 is 34.9 Å². The van der Waals surface area contributed by atoms with Crippen LogP contribution in [-0.2, 0) is 13.0 Å². The van der Waals surface area contributed by atoms with Crippen molar-refractivity contribution in [1.82, 2.24) is 20.3 Å². The van der Waals surface area contributed by atoms with Crippen LogP contribution in [-0.4, -0.2) is 27.4 Å². The molecule has 33 heavy (non-hydrogen) atoms. The van der Waals surface area contributed by atoms with Gasteiger partial charge in [-0.1, -0.05) is 41.4 Å². The number of benzene rings is 1. The lowest BCUT2D eigenvalue weighted by atomic mass is 10.1. The van der Waals surface area contributed by atoms with E-state index in [1.165, 1.54) is 0 Å². The zero-order valence-electron chi connectivity index (χ0n) is 17.6. The molecule has 3 heterocycles. The molecule has 0 fully saturated rings. The molecule has 0 aliphatic carbocycles. The van der Waals surface area contributed by atoms with E-state index < -0.39 is 0 Å². The lowest BCUT2D eigenvalue weighted by Crippen LogP contribution is -2.25. The molecule has 0 aliphatic rings. The van der Waals surface area contributed by atoms with Crippen LogP contribution in [0, 0.1) is 0 Å². The van der Waals surface area contributed by atoms with E-state index in [0.29, 0.717) is 46.6 Å². The van der Waals surface area contributed by atoms with Crippen LogP contribution >= 0.6 is 23.2 Å². The molecule has 2 N–H and O–H groups in total. The third kappa shape index (κ3) is 6.06. The van der Waals surface area contributed by atoms with Crippen molar-refractivity contribution in [2.45, 2.75) is 13.0 Å². The number of amides is 1. The lowest BCUT2D eigenvalue weighted by Gasteiger charge is -2.14. The highest BCUT2D eigenvalue weighted by Gasteiger charge is 2.15. The highest BCUT2D eigenvalue weighted by molar-refractivity contribution is 6.42. The summed E-state index contributed by atoms with van der Waals surface area (Å²) < 4.78 is 0. The van der Waals surface area contributed by atoms with Crippen molar-refractivity contribution in [2.75, 3.05) is 11.9 Å². The average molecular weight is 478 g/mol. The Morgan fingerprint density at radius 3 is 2.61 bits per heavy atom. The lowest BCUT2D eigenvalue weighted by molar-refractivity contribution is 0.0951. The van der Waals surface area contributed by atoms with Gasteiger partial charge in [-0.25, -0.2) is 4.98 Å². The highest BCUT2D eigenvalue weighted by atomic mass is 35.5. The molecule has 0 radical (unpaired) electrons. The van der Waals surface area contributed by atoms with Crippen molar-refractivity contribution in [1.29, 1.82) is 0 Å². The predicted molar refractivity (Wildman–Crippen MR) is 132 cm³/mol. The van der Waals surface area contributed by atoms with E-state index in [-0.39, 0.29) is 5.91 Å². The van der Waals surface area contributed by atoms with Crippen LogP contribution in [0.4, 0.5) is 5.82 Å². The van der Waals surface area contributed by atoms with Crippen LogP contribution in [0.15, 0.2) is 79.3 Å². The number of carbonyl (C=O) groups excluding carboxylic acids is 1. The maximum absolute atomic E-state index is 13.0. The minimum Gasteiger partial charge on any atom is -0.369 e. The number of aromatic nitrogens is 3. The summed E-state index contributed by atoms with van der Waals surface area (Å²) in [5.41, 5.74) is 3.80. The SMILES string of the molecule is O=C(NCc1cccnc1)c1ccc(-c2ccc(Cl)c(Cl)c2)nc1NCCc1ccccn1. The van der Waals surface area contributed by atoms with Gasteiger partial charge < -0.3 is 10.6 Å². The van der Waals surface area contributed by atoms with E-state index in [1.807, 2.05) is 36.4 Å². The predicted octanol–water partition coefficient (Wildman–Crippen LogP) is 5.43. The molecule has 0 saturated heterocycles. The molecule has 0 spiro atoms. The van der Waals surface area contributed by atoms with Crippen LogP contribution < -0.4 is 10.6 Å². The molecule has 8 heteroatoms. The normalized spacial score (nSPS) is 10.6. The molecule has 0 unspecified atom stereocenters. The fraction of sp³-hybridized carbons (Fsp3) is 0.120. The molecule has 0 bridgehead atoms. The zero-order chi connectivity index (χ0) is 23.0. The van der Waals surface area contributed by atoms with Gasteiger partial charge in [0.25, 0.3) is 5.91 Å². The van der Waals surface area contributed by atoms with Gasteiger partial charge in [0.1, 0.15) is 5.82 Å². The number of hydrogen-bond acceptors (Lipinski definition) is 5. The van der Waals surface area contributed by atoms with Crippen LogP contribution in [0.5, 0.6) is 0 Å². The first-order valence-corrected chi connectivity index (χ1v) is 11.1. The van der Waals surface area contributed by atoms with Gasteiger partial charge in [0, 0.05) is 49.4 Å². The van der Waals surface area contributed by atoms with Crippen molar-refractivity contribution in [3.05, 3.63) is 106 Å². The molecule has 0 saturated carbocycles. The van der Waals surface area contributed by atoms with E-state index in [0.717, 1.165) is 16.8 Å². The highest BCUT2D eigenvalue weighted by Crippen LogP contribution is 2.29. The van der Waals surface area contributed by atoms with Gasteiger partial charge in [0.05, 0.1) is 21.3 Å². The first kappa shape index (κ1) is 22.7. The van der Waals surface area contributed by atoms with Crippen molar-refractivity contribution in [3.8, 4) is 11.3 Å². The zero-order valence-corrected chi connectivity index (χ0v) is 19.1. The van der Waals surface area contributed by atoms with Crippen LogP contribution in [0.3, 0.4) is 0 Å². The van der Waals surface area contributed by atoms with E-state index in [1.54, 1.807) is 42.9 Å². The topological polar surface area (TPSA) is 79.8 Å². The summed E-state index contributed by atoms with van der Waals surface area (Å²) in [6, 6.07) is 18.4. The minimum absolute atomic E-state index is 0.229. The molecule has 6 nitrogen and oxygen atoms in total. The molecule has 1 aromatic carbocycles. The van der Waals surface area contributed by atoms with E-state index in [4.69, 9.17) is 28.2 Å². The van der Waals surface area contributed by atoms with Crippen molar-refractivity contribution in [2.24, 2.45) is 0 Å². The second-order valence-corrected chi connectivity index (χ2v) is 8.08. The monoisotopic (exact) mass is 477 g/mol. The summed E-state index contributed by atoms with van der Waals surface area (Å²) in [4.78, 5) is 26.1.